The Morgan fingerprint density at radius 3 is 2.59 bits per heavy atom. The molecule has 3 atom stereocenters. The molecule has 0 bridgehead atoms. The minimum atomic E-state index is 0.503. The van der Waals surface area contributed by atoms with Gasteiger partial charge in [0.25, 0.3) is 0 Å². The van der Waals surface area contributed by atoms with Gasteiger partial charge in [0, 0.05) is 17.3 Å². The molecule has 2 heteroatoms. The minimum Gasteiger partial charge on any atom is -0.306 e. The summed E-state index contributed by atoms with van der Waals surface area (Å²) in [4.78, 5) is 0. The summed E-state index contributed by atoms with van der Waals surface area (Å²) in [5.74, 6) is 1.28. The van der Waals surface area contributed by atoms with E-state index in [0.717, 1.165) is 6.42 Å². The van der Waals surface area contributed by atoms with E-state index in [1.54, 1.807) is 0 Å². The van der Waals surface area contributed by atoms with E-state index in [1.165, 1.54) is 23.3 Å². The quantitative estimate of drug-likeness (QED) is 0.856. The van der Waals surface area contributed by atoms with Crippen molar-refractivity contribution in [3.05, 3.63) is 35.4 Å². The number of nitrogens with one attached hydrogen (secondary N) is 1. The van der Waals surface area contributed by atoms with Gasteiger partial charge in [-0.2, -0.15) is 11.8 Å². The SMILES string of the molecule is CCc1ccc(C2NC(C)CCSC2C)cc1. The van der Waals surface area contributed by atoms with Crippen LogP contribution in [0.3, 0.4) is 0 Å². The van der Waals surface area contributed by atoms with Crippen LogP contribution in [0.5, 0.6) is 0 Å². The average molecular weight is 249 g/mol. The highest BCUT2D eigenvalue weighted by Gasteiger charge is 2.24. The molecule has 0 aliphatic carbocycles. The number of rotatable bonds is 2. The molecule has 1 N–H and O–H groups in total. The van der Waals surface area contributed by atoms with Crippen molar-refractivity contribution in [2.75, 3.05) is 5.75 Å². The van der Waals surface area contributed by atoms with E-state index in [2.05, 4.69) is 62.1 Å². The van der Waals surface area contributed by atoms with Crippen LogP contribution < -0.4 is 5.32 Å². The first kappa shape index (κ1) is 13.0. The summed E-state index contributed by atoms with van der Waals surface area (Å²) in [5, 5.41) is 4.42. The zero-order chi connectivity index (χ0) is 12.3. The fourth-order valence-corrected chi connectivity index (χ4v) is 3.67. The van der Waals surface area contributed by atoms with Crippen LogP contribution in [-0.2, 0) is 6.42 Å². The Kier molecular flexibility index (Phi) is 4.52. The summed E-state index contributed by atoms with van der Waals surface area (Å²) >= 11 is 2.09. The smallest absolute Gasteiger partial charge is 0.0439 e. The van der Waals surface area contributed by atoms with Crippen molar-refractivity contribution in [2.45, 2.75) is 50.9 Å². The van der Waals surface area contributed by atoms with Gasteiger partial charge in [-0.05, 0) is 36.6 Å². The fraction of sp³-hybridized carbons (Fsp3) is 0.600. The second kappa shape index (κ2) is 5.92. The molecule has 17 heavy (non-hydrogen) atoms. The first-order valence-corrected chi connectivity index (χ1v) is 7.72. The van der Waals surface area contributed by atoms with Crippen LogP contribution in [0, 0.1) is 0 Å². The number of hydrogen-bond donors (Lipinski definition) is 1. The molecule has 0 spiro atoms. The maximum atomic E-state index is 3.76. The van der Waals surface area contributed by atoms with E-state index in [-0.39, 0.29) is 0 Å². The van der Waals surface area contributed by atoms with Crippen LogP contribution in [0.2, 0.25) is 0 Å². The molecule has 0 saturated carbocycles. The summed E-state index contributed by atoms with van der Waals surface area (Å²) in [6.07, 6.45) is 2.40. The molecule has 1 aliphatic heterocycles. The molecule has 3 unspecified atom stereocenters. The highest BCUT2D eigenvalue weighted by Crippen LogP contribution is 2.30. The second-order valence-electron chi connectivity index (χ2n) is 5.01. The zero-order valence-corrected chi connectivity index (χ0v) is 11.9. The van der Waals surface area contributed by atoms with Crippen molar-refractivity contribution < 1.29 is 0 Å². The Morgan fingerprint density at radius 1 is 1.24 bits per heavy atom. The predicted molar refractivity (Wildman–Crippen MR) is 77.7 cm³/mol. The van der Waals surface area contributed by atoms with Gasteiger partial charge in [-0.15, -0.1) is 0 Å². The Balaban J connectivity index is 2.17. The molecule has 0 radical (unpaired) electrons. The van der Waals surface area contributed by atoms with Crippen LogP contribution in [-0.4, -0.2) is 17.0 Å². The van der Waals surface area contributed by atoms with Gasteiger partial charge in [-0.1, -0.05) is 38.1 Å². The third kappa shape index (κ3) is 3.26. The van der Waals surface area contributed by atoms with Crippen molar-refractivity contribution in [3.63, 3.8) is 0 Å². The van der Waals surface area contributed by atoms with Gasteiger partial charge in [-0.3, -0.25) is 0 Å². The van der Waals surface area contributed by atoms with Crippen LogP contribution in [0.25, 0.3) is 0 Å². The zero-order valence-electron chi connectivity index (χ0n) is 11.1. The van der Waals surface area contributed by atoms with E-state index in [0.29, 0.717) is 17.3 Å². The van der Waals surface area contributed by atoms with Gasteiger partial charge < -0.3 is 5.32 Å². The van der Waals surface area contributed by atoms with E-state index >= 15 is 0 Å². The van der Waals surface area contributed by atoms with Crippen LogP contribution in [0.1, 0.15) is 44.4 Å². The maximum Gasteiger partial charge on any atom is 0.0439 e. The summed E-state index contributed by atoms with van der Waals surface area (Å²) in [5.41, 5.74) is 2.87. The van der Waals surface area contributed by atoms with Gasteiger partial charge in [-0.25, -0.2) is 0 Å². The Bertz CT molecular complexity index is 346. The summed E-state index contributed by atoms with van der Waals surface area (Å²) < 4.78 is 0. The number of thioether (sulfide) groups is 1. The summed E-state index contributed by atoms with van der Waals surface area (Å²) in [6, 6.07) is 10.3. The lowest BCUT2D eigenvalue weighted by Crippen LogP contribution is -2.33. The lowest BCUT2D eigenvalue weighted by molar-refractivity contribution is 0.456. The molecule has 1 aromatic rings. The third-order valence-corrected chi connectivity index (χ3v) is 4.88. The normalized spacial score (nSPS) is 29.9. The molecular weight excluding hydrogens is 226 g/mol. The Labute approximate surface area is 109 Å². The largest absolute Gasteiger partial charge is 0.306 e. The minimum absolute atomic E-state index is 0.503. The first-order chi connectivity index (χ1) is 8.20. The predicted octanol–water partition coefficient (Wildman–Crippen LogP) is 3.79. The van der Waals surface area contributed by atoms with Gasteiger partial charge in [0.1, 0.15) is 0 Å². The average Bonchev–Trinajstić information content (AvgIpc) is 2.51. The van der Waals surface area contributed by atoms with Crippen LogP contribution in [0.15, 0.2) is 24.3 Å². The van der Waals surface area contributed by atoms with Crippen LogP contribution in [0.4, 0.5) is 0 Å². The van der Waals surface area contributed by atoms with Gasteiger partial charge in [0.15, 0.2) is 0 Å². The van der Waals surface area contributed by atoms with E-state index < -0.39 is 0 Å². The molecule has 94 valence electrons. The number of aryl methyl sites for hydroxylation is 1. The lowest BCUT2D eigenvalue weighted by atomic mass is 10.0. The topological polar surface area (TPSA) is 12.0 Å². The second-order valence-corrected chi connectivity index (χ2v) is 6.49. The van der Waals surface area contributed by atoms with Crippen molar-refractivity contribution in [1.29, 1.82) is 0 Å². The number of hydrogen-bond acceptors (Lipinski definition) is 2. The first-order valence-electron chi connectivity index (χ1n) is 6.67. The van der Waals surface area contributed by atoms with E-state index in [9.17, 15) is 0 Å². The molecule has 1 fully saturated rings. The summed E-state index contributed by atoms with van der Waals surface area (Å²) in [7, 11) is 0. The molecular formula is C15H23NS. The molecule has 2 rings (SSSR count). The molecule has 1 aliphatic rings. The van der Waals surface area contributed by atoms with Crippen molar-refractivity contribution in [3.8, 4) is 0 Å². The van der Waals surface area contributed by atoms with Crippen molar-refractivity contribution in [2.24, 2.45) is 0 Å². The highest BCUT2D eigenvalue weighted by atomic mass is 32.2. The Morgan fingerprint density at radius 2 is 1.94 bits per heavy atom. The Hall–Kier alpha value is -0.470. The van der Waals surface area contributed by atoms with E-state index in [4.69, 9.17) is 0 Å². The van der Waals surface area contributed by atoms with Gasteiger partial charge in [0.2, 0.25) is 0 Å². The molecule has 0 amide bonds. The van der Waals surface area contributed by atoms with Gasteiger partial charge in [0.05, 0.1) is 0 Å². The number of benzene rings is 1. The van der Waals surface area contributed by atoms with Crippen LogP contribution >= 0.6 is 11.8 Å². The van der Waals surface area contributed by atoms with Crippen molar-refractivity contribution >= 4 is 11.8 Å². The standard InChI is InChI=1S/C15H23NS/c1-4-13-5-7-14(8-6-13)15-12(3)17-10-9-11(2)16-15/h5-8,11-12,15-16H,4,9-10H2,1-3H3. The van der Waals surface area contributed by atoms with E-state index in [1.807, 2.05) is 0 Å². The molecule has 1 aromatic carbocycles. The summed E-state index contributed by atoms with van der Waals surface area (Å²) in [6.45, 7) is 6.85. The fourth-order valence-electron chi connectivity index (χ4n) is 2.38. The molecule has 1 heterocycles. The molecule has 0 aromatic heterocycles. The van der Waals surface area contributed by atoms with Crippen molar-refractivity contribution in [1.82, 2.24) is 5.32 Å². The maximum absolute atomic E-state index is 3.76. The third-order valence-electron chi connectivity index (χ3n) is 3.61. The van der Waals surface area contributed by atoms with Gasteiger partial charge >= 0.3 is 0 Å². The lowest BCUT2D eigenvalue weighted by Gasteiger charge is -2.25. The highest BCUT2D eigenvalue weighted by molar-refractivity contribution is 7.99. The molecule has 1 nitrogen and oxygen atoms in total. The monoisotopic (exact) mass is 249 g/mol. The molecule has 1 saturated heterocycles.